The first-order valence-electron chi connectivity index (χ1n) is 9.34. The molecule has 2 aromatic carbocycles. The van der Waals surface area contributed by atoms with Crippen LogP contribution in [0.2, 0.25) is 0 Å². The van der Waals surface area contributed by atoms with E-state index in [1.807, 2.05) is 60.7 Å². The molecule has 2 atom stereocenters. The van der Waals surface area contributed by atoms with Crippen molar-refractivity contribution >= 4 is 17.8 Å². The first-order chi connectivity index (χ1) is 13.4. The number of hydrogen-bond donors (Lipinski definition) is 1. The second kappa shape index (κ2) is 8.35. The Hall–Kier alpha value is -2.99. The summed E-state index contributed by atoms with van der Waals surface area (Å²) in [7, 11) is 0. The molecule has 0 spiro atoms. The number of nitrogens with two attached hydrogens (primary N) is 1. The lowest BCUT2D eigenvalue weighted by Gasteiger charge is -2.27. The van der Waals surface area contributed by atoms with Crippen LogP contribution in [0.15, 0.2) is 60.7 Å². The van der Waals surface area contributed by atoms with Crippen molar-refractivity contribution < 1.29 is 19.1 Å². The van der Waals surface area contributed by atoms with Gasteiger partial charge in [0, 0.05) is 6.42 Å². The van der Waals surface area contributed by atoms with E-state index in [4.69, 9.17) is 10.5 Å². The van der Waals surface area contributed by atoms with Crippen LogP contribution in [0.5, 0.6) is 0 Å². The standard InChI is InChI=1S/C22H24N2O4/c1-2-28-20(26)18(13-16-9-5-3-6-10-16)24-19(25)15-22(23,21(24)27)14-17-11-7-4-8-12-17/h3-12,18H,2,13-15,23H2,1H3/t18-,22+/m0/s1. The number of imide groups is 1. The number of carbonyl (C=O) groups is 3. The van der Waals surface area contributed by atoms with Gasteiger partial charge in [-0.1, -0.05) is 60.7 Å². The number of rotatable bonds is 7. The summed E-state index contributed by atoms with van der Waals surface area (Å²) in [6, 6.07) is 17.5. The van der Waals surface area contributed by atoms with Crippen molar-refractivity contribution in [1.82, 2.24) is 4.90 Å². The zero-order valence-electron chi connectivity index (χ0n) is 15.8. The predicted molar refractivity (Wildman–Crippen MR) is 104 cm³/mol. The van der Waals surface area contributed by atoms with Crippen LogP contribution >= 0.6 is 0 Å². The van der Waals surface area contributed by atoms with Gasteiger partial charge in [0.25, 0.3) is 5.91 Å². The summed E-state index contributed by atoms with van der Waals surface area (Å²) in [6.45, 7) is 1.85. The number of esters is 1. The zero-order valence-corrected chi connectivity index (χ0v) is 15.8. The maximum atomic E-state index is 13.2. The lowest BCUT2D eigenvalue weighted by Crippen LogP contribution is -2.54. The molecule has 0 saturated carbocycles. The Morgan fingerprint density at radius 1 is 1.07 bits per heavy atom. The van der Waals surface area contributed by atoms with Crippen molar-refractivity contribution in [2.75, 3.05) is 6.61 Å². The third kappa shape index (κ3) is 4.12. The van der Waals surface area contributed by atoms with Gasteiger partial charge in [0.1, 0.15) is 11.6 Å². The maximum absolute atomic E-state index is 13.2. The van der Waals surface area contributed by atoms with Gasteiger partial charge in [0.15, 0.2) is 0 Å². The molecule has 1 aliphatic heterocycles. The summed E-state index contributed by atoms with van der Waals surface area (Å²) in [4.78, 5) is 39.5. The van der Waals surface area contributed by atoms with E-state index in [0.29, 0.717) is 0 Å². The third-order valence-electron chi connectivity index (χ3n) is 4.88. The lowest BCUT2D eigenvalue weighted by atomic mass is 9.90. The van der Waals surface area contributed by atoms with Crippen molar-refractivity contribution in [3.8, 4) is 0 Å². The van der Waals surface area contributed by atoms with Gasteiger partial charge in [-0.2, -0.15) is 0 Å². The van der Waals surface area contributed by atoms with Crippen LogP contribution in [-0.2, 0) is 32.0 Å². The van der Waals surface area contributed by atoms with Crippen LogP contribution in [0.1, 0.15) is 24.5 Å². The number of carbonyl (C=O) groups excluding carboxylic acids is 3. The van der Waals surface area contributed by atoms with Crippen molar-refractivity contribution in [1.29, 1.82) is 0 Å². The van der Waals surface area contributed by atoms with Gasteiger partial charge < -0.3 is 10.5 Å². The molecule has 1 aliphatic rings. The van der Waals surface area contributed by atoms with Crippen LogP contribution < -0.4 is 5.73 Å². The largest absolute Gasteiger partial charge is 0.464 e. The molecule has 1 heterocycles. The summed E-state index contributed by atoms with van der Waals surface area (Å²) < 4.78 is 5.15. The molecule has 1 saturated heterocycles. The highest BCUT2D eigenvalue weighted by Gasteiger charge is 2.52. The smallest absolute Gasteiger partial charge is 0.329 e. The fourth-order valence-corrected chi connectivity index (χ4v) is 3.55. The molecule has 1 fully saturated rings. The average Bonchev–Trinajstić information content (AvgIpc) is 2.90. The van der Waals surface area contributed by atoms with Crippen LogP contribution in [0.25, 0.3) is 0 Å². The quantitative estimate of drug-likeness (QED) is 0.585. The summed E-state index contributed by atoms with van der Waals surface area (Å²) in [5, 5.41) is 0. The molecule has 0 unspecified atom stereocenters. The Morgan fingerprint density at radius 2 is 1.64 bits per heavy atom. The van der Waals surface area contributed by atoms with Gasteiger partial charge in [-0.15, -0.1) is 0 Å². The van der Waals surface area contributed by atoms with Crippen molar-refractivity contribution in [2.24, 2.45) is 5.73 Å². The third-order valence-corrected chi connectivity index (χ3v) is 4.88. The summed E-state index contributed by atoms with van der Waals surface area (Å²) >= 11 is 0. The Morgan fingerprint density at radius 3 is 2.21 bits per heavy atom. The second-order valence-electron chi connectivity index (χ2n) is 7.02. The number of amides is 2. The van der Waals surface area contributed by atoms with E-state index in [2.05, 4.69) is 0 Å². The summed E-state index contributed by atoms with van der Waals surface area (Å²) in [5.41, 5.74) is 6.69. The highest BCUT2D eigenvalue weighted by Crippen LogP contribution is 2.29. The second-order valence-corrected chi connectivity index (χ2v) is 7.02. The minimum Gasteiger partial charge on any atom is -0.464 e. The molecule has 0 aliphatic carbocycles. The SMILES string of the molecule is CCOC(=O)[C@H](Cc1ccccc1)N1C(=O)C[C@](N)(Cc2ccccc2)C1=O. The number of ether oxygens (including phenoxy) is 1. The molecule has 146 valence electrons. The van der Waals surface area contributed by atoms with Crippen LogP contribution in [0, 0.1) is 0 Å². The Bertz CT molecular complexity index is 853. The molecule has 2 amide bonds. The number of hydrogen-bond acceptors (Lipinski definition) is 5. The van der Waals surface area contributed by atoms with E-state index in [0.717, 1.165) is 16.0 Å². The average molecular weight is 380 g/mol. The van der Waals surface area contributed by atoms with Crippen LogP contribution in [0.4, 0.5) is 0 Å². The molecule has 6 heteroatoms. The molecule has 6 nitrogen and oxygen atoms in total. The van der Waals surface area contributed by atoms with E-state index < -0.39 is 29.4 Å². The van der Waals surface area contributed by atoms with Crippen molar-refractivity contribution in [3.05, 3.63) is 71.8 Å². The number of benzene rings is 2. The van der Waals surface area contributed by atoms with Gasteiger partial charge >= 0.3 is 5.97 Å². The molecule has 2 aromatic rings. The van der Waals surface area contributed by atoms with E-state index >= 15 is 0 Å². The topological polar surface area (TPSA) is 89.7 Å². The van der Waals surface area contributed by atoms with Crippen molar-refractivity contribution in [2.45, 2.75) is 37.8 Å². The molecule has 3 rings (SSSR count). The Labute approximate surface area is 164 Å². The molecule has 0 aromatic heterocycles. The van der Waals surface area contributed by atoms with Gasteiger partial charge in [0.05, 0.1) is 13.0 Å². The predicted octanol–water partition coefficient (Wildman–Crippen LogP) is 1.86. The first-order valence-corrected chi connectivity index (χ1v) is 9.34. The minimum absolute atomic E-state index is 0.134. The first kappa shape index (κ1) is 19.8. The van der Waals surface area contributed by atoms with Gasteiger partial charge in [0.2, 0.25) is 5.91 Å². The normalized spacial score (nSPS) is 20.3. The van der Waals surface area contributed by atoms with E-state index in [-0.39, 0.29) is 25.9 Å². The van der Waals surface area contributed by atoms with Crippen LogP contribution in [0.3, 0.4) is 0 Å². The lowest BCUT2D eigenvalue weighted by molar-refractivity contribution is -0.158. The number of likely N-dealkylation sites (tertiary alicyclic amines) is 1. The summed E-state index contributed by atoms with van der Waals surface area (Å²) in [5.74, 6) is -1.58. The zero-order chi connectivity index (χ0) is 20.1. The summed E-state index contributed by atoms with van der Waals surface area (Å²) in [6.07, 6.45) is 0.291. The molecule has 0 bridgehead atoms. The van der Waals surface area contributed by atoms with Gasteiger partial charge in [-0.3, -0.25) is 14.5 Å². The van der Waals surface area contributed by atoms with E-state index in [9.17, 15) is 14.4 Å². The van der Waals surface area contributed by atoms with E-state index in [1.165, 1.54) is 0 Å². The van der Waals surface area contributed by atoms with Gasteiger partial charge in [-0.25, -0.2) is 4.79 Å². The van der Waals surface area contributed by atoms with Crippen LogP contribution in [-0.4, -0.2) is 40.9 Å². The highest BCUT2D eigenvalue weighted by molar-refractivity contribution is 6.10. The molecular weight excluding hydrogens is 356 g/mol. The van der Waals surface area contributed by atoms with E-state index in [1.54, 1.807) is 6.92 Å². The van der Waals surface area contributed by atoms with Gasteiger partial charge in [-0.05, 0) is 24.5 Å². The monoisotopic (exact) mass is 380 g/mol. The Kier molecular flexibility index (Phi) is 5.90. The highest BCUT2D eigenvalue weighted by atomic mass is 16.5. The molecule has 2 N–H and O–H groups in total. The molecule has 28 heavy (non-hydrogen) atoms. The molecular formula is C22H24N2O4. The number of nitrogens with zero attached hydrogens (tertiary/aromatic N) is 1. The Balaban J connectivity index is 1.88. The van der Waals surface area contributed by atoms with Crippen molar-refractivity contribution in [3.63, 3.8) is 0 Å². The fourth-order valence-electron chi connectivity index (χ4n) is 3.55. The fraction of sp³-hybridized carbons (Fsp3) is 0.318. The minimum atomic E-state index is -1.36. The molecule has 0 radical (unpaired) electrons. The maximum Gasteiger partial charge on any atom is 0.329 e.